The number of benzene rings is 2. The van der Waals surface area contributed by atoms with Gasteiger partial charge in [0.2, 0.25) is 0 Å². The van der Waals surface area contributed by atoms with Gasteiger partial charge in [-0.3, -0.25) is 0 Å². The largest absolute Gasteiger partial charge is 0.495 e. The molecule has 106 valence electrons. The Kier molecular flexibility index (Phi) is 5.13. The molecule has 5 heteroatoms. The summed E-state index contributed by atoms with van der Waals surface area (Å²) in [6.45, 7) is 1.98. The van der Waals surface area contributed by atoms with Crippen molar-refractivity contribution in [3.63, 3.8) is 0 Å². The summed E-state index contributed by atoms with van der Waals surface area (Å²) >= 11 is 13.0. The van der Waals surface area contributed by atoms with Crippen LogP contribution in [0.2, 0.25) is 5.02 Å². The van der Waals surface area contributed by atoms with Gasteiger partial charge in [-0.15, -0.1) is 0 Å². The minimum atomic E-state index is -0.825. The molecule has 1 unspecified atom stereocenters. The summed E-state index contributed by atoms with van der Waals surface area (Å²) in [7, 11) is 1.56. The Morgan fingerprint density at radius 3 is 2.55 bits per heavy atom. The van der Waals surface area contributed by atoms with Crippen molar-refractivity contribution < 1.29 is 9.84 Å². The van der Waals surface area contributed by atoms with Crippen LogP contribution in [0.1, 0.15) is 22.8 Å². The van der Waals surface area contributed by atoms with E-state index >= 15 is 0 Å². The van der Waals surface area contributed by atoms with Gasteiger partial charge in [-0.1, -0.05) is 45.7 Å². The quantitative estimate of drug-likeness (QED) is 0.734. The molecule has 0 saturated carbocycles. The Morgan fingerprint density at radius 1 is 1.20 bits per heavy atom. The number of aliphatic hydroxyl groups is 1. The van der Waals surface area contributed by atoms with Crippen molar-refractivity contribution >= 4 is 43.5 Å². The van der Waals surface area contributed by atoms with Crippen molar-refractivity contribution in [2.24, 2.45) is 0 Å². The highest BCUT2D eigenvalue weighted by Crippen LogP contribution is 2.40. The third-order valence-corrected chi connectivity index (χ3v) is 4.94. The van der Waals surface area contributed by atoms with Gasteiger partial charge >= 0.3 is 0 Å². The third kappa shape index (κ3) is 3.03. The molecule has 2 aromatic carbocycles. The lowest BCUT2D eigenvalue weighted by Gasteiger charge is -2.18. The molecule has 1 N–H and O–H groups in total. The molecule has 2 rings (SSSR count). The summed E-state index contributed by atoms with van der Waals surface area (Å²) in [5, 5.41) is 11.2. The van der Waals surface area contributed by atoms with E-state index in [1.807, 2.05) is 25.1 Å². The number of hydrogen-bond acceptors (Lipinski definition) is 2. The first-order valence-corrected chi connectivity index (χ1v) is 7.88. The number of rotatable bonds is 3. The number of ether oxygens (including phenoxy) is 1. The van der Waals surface area contributed by atoms with E-state index in [4.69, 9.17) is 16.3 Å². The van der Waals surface area contributed by atoms with Crippen LogP contribution in [0.5, 0.6) is 5.75 Å². The lowest BCUT2D eigenvalue weighted by atomic mass is 9.99. The fraction of sp³-hybridized carbons (Fsp3) is 0.200. The van der Waals surface area contributed by atoms with Gasteiger partial charge in [-0.2, -0.15) is 0 Å². The molecule has 0 spiro atoms. The second kappa shape index (κ2) is 6.48. The van der Waals surface area contributed by atoms with Gasteiger partial charge in [-0.25, -0.2) is 0 Å². The highest BCUT2D eigenvalue weighted by atomic mass is 79.9. The molecular weight excluding hydrogens is 407 g/mol. The SMILES string of the molecule is COc1c(Br)cc(Cl)cc1C(O)c1cccc(C)c1Br. The molecule has 0 amide bonds. The van der Waals surface area contributed by atoms with Crippen LogP contribution in [0.4, 0.5) is 0 Å². The van der Waals surface area contributed by atoms with Crippen molar-refractivity contribution in [3.8, 4) is 5.75 Å². The minimum Gasteiger partial charge on any atom is -0.495 e. The zero-order chi connectivity index (χ0) is 14.9. The number of halogens is 3. The predicted molar refractivity (Wildman–Crippen MR) is 88.6 cm³/mol. The molecule has 0 aliphatic heterocycles. The van der Waals surface area contributed by atoms with Crippen molar-refractivity contribution in [1.82, 2.24) is 0 Å². The second-order valence-corrected chi connectivity index (χ2v) is 6.47. The lowest BCUT2D eigenvalue weighted by Crippen LogP contribution is -2.04. The van der Waals surface area contributed by atoms with Crippen LogP contribution in [0.15, 0.2) is 39.3 Å². The Hall–Kier alpha value is -0.550. The Balaban J connectivity index is 2.58. The second-order valence-electron chi connectivity index (χ2n) is 4.39. The van der Waals surface area contributed by atoms with Gasteiger partial charge in [0.1, 0.15) is 11.9 Å². The van der Waals surface area contributed by atoms with Crippen LogP contribution in [0, 0.1) is 6.92 Å². The summed E-state index contributed by atoms with van der Waals surface area (Å²) in [6, 6.07) is 9.21. The van der Waals surface area contributed by atoms with Crippen LogP contribution >= 0.6 is 43.5 Å². The Morgan fingerprint density at radius 2 is 1.90 bits per heavy atom. The monoisotopic (exact) mass is 418 g/mol. The molecule has 1 atom stereocenters. The maximum absolute atomic E-state index is 10.7. The van der Waals surface area contributed by atoms with Crippen LogP contribution in [-0.2, 0) is 0 Å². The van der Waals surface area contributed by atoms with E-state index in [-0.39, 0.29) is 0 Å². The smallest absolute Gasteiger partial charge is 0.139 e. The molecule has 0 saturated heterocycles. The molecule has 0 fully saturated rings. The fourth-order valence-electron chi connectivity index (χ4n) is 2.05. The molecule has 2 aromatic rings. The van der Waals surface area contributed by atoms with Gasteiger partial charge < -0.3 is 9.84 Å². The van der Waals surface area contributed by atoms with Gasteiger partial charge in [0.05, 0.1) is 11.6 Å². The van der Waals surface area contributed by atoms with E-state index in [9.17, 15) is 5.11 Å². The molecule has 0 aromatic heterocycles. The van der Waals surface area contributed by atoms with E-state index in [1.54, 1.807) is 19.2 Å². The average Bonchev–Trinajstić information content (AvgIpc) is 2.40. The zero-order valence-electron chi connectivity index (χ0n) is 11.0. The highest BCUT2D eigenvalue weighted by molar-refractivity contribution is 9.10. The first kappa shape index (κ1) is 15.8. The molecule has 0 aliphatic carbocycles. The molecule has 2 nitrogen and oxygen atoms in total. The van der Waals surface area contributed by atoms with E-state index in [2.05, 4.69) is 31.9 Å². The topological polar surface area (TPSA) is 29.5 Å². The number of aliphatic hydroxyl groups excluding tert-OH is 1. The van der Waals surface area contributed by atoms with E-state index < -0.39 is 6.10 Å². The third-order valence-electron chi connectivity index (χ3n) is 3.05. The van der Waals surface area contributed by atoms with Crippen molar-refractivity contribution in [2.75, 3.05) is 7.11 Å². The highest BCUT2D eigenvalue weighted by Gasteiger charge is 2.21. The Bertz CT molecular complexity index is 644. The summed E-state index contributed by atoms with van der Waals surface area (Å²) in [5.41, 5.74) is 2.46. The molecule has 20 heavy (non-hydrogen) atoms. The lowest BCUT2D eigenvalue weighted by molar-refractivity contribution is 0.213. The Labute approximate surface area is 140 Å². The summed E-state index contributed by atoms with van der Waals surface area (Å²) in [4.78, 5) is 0. The maximum Gasteiger partial charge on any atom is 0.139 e. The molecule has 0 bridgehead atoms. The number of methoxy groups -OCH3 is 1. The van der Waals surface area contributed by atoms with Gasteiger partial charge in [0.25, 0.3) is 0 Å². The first-order chi connectivity index (χ1) is 9.45. The van der Waals surface area contributed by atoms with Gasteiger partial charge in [0, 0.05) is 15.1 Å². The van der Waals surface area contributed by atoms with Crippen LogP contribution < -0.4 is 4.74 Å². The number of aryl methyl sites for hydroxylation is 1. The summed E-state index contributed by atoms with van der Waals surface area (Å²) < 4.78 is 6.96. The normalized spacial score (nSPS) is 12.3. The summed E-state index contributed by atoms with van der Waals surface area (Å²) in [6.07, 6.45) is -0.825. The van der Waals surface area contributed by atoms with Crippen molar-refractivity contribution in [3.05, 3.63) is 61.0 Å². The zero-order valence-corrected chi connectivity index (χ0v) is 14.9. The molecular formula is C15H13Br2ClO2. The average molecular weight is 421 g/mol. The predicted octanol–water partition coefficient (Wildman–Crippen LogP) is 5.26. The van der Waals surface area contributed by atoms with Crippen LogP contribution in [0.25, 0.3) is 0 Å². The molecule has 0 aliphatic rings. The van der Waals surface area contributed by atoms with Crippen molar-refractivity contribution in [2.45, 2.75) is 13.0 Å². The fourth-order valence-corrected chi connectivity index (χ4v) is 3.52. The van der Waals surface area contributed by atoms with Gasteiger partial charge in [0.15, 0.2) is 0 Å². The minimum absolute atomic E-state index is 0.538. The number of hydrogen-bond donors (Lipinski definition) is 1. The standard InChI is InChI=1S/C15H13Br2ClO2/c1-8-4-3-5-10(13(8)17)14(19)11-6-9(18)7-12(16)15(11)20-2/h3-7,14,19H,1-2H3. The van der Waals surface area contributed by atoms with Crippen LogP contribution in [-0.4, -0.2) is 12.2 Å². The first-order valence-electron chi connectivity index (χ1n) is 5.91. The van der Waals surface area contributed by atoms with E-state index in [0.29, 0.717) is 20.8 Å². The molecule has 0 heterocycles. The maximum atomic E-state index is 10.7. The van der Waals surface area contributed by atoms with E-state index in [0.717, 1.165) is 15.6 Å². The molecule has 0 radical (unpaired) electrons. The van der Waals surface area contributed by atoms with Crippen molar-refractivity contribution in [1.29, 1.82) is 0 Å². The van der Waals surface area contributed by atoms with Gasteiger partial charge in [-0.05, 0) is 46.1 Å². The van der Waals surface area contributed by atoms with Crippen LogP contribution in [0.3, 0.4) is 0 Å². The van der Waals surface area contributed by atoms with E-state index in [1.165, 1.54) is 0 Å². The summed E-state index contributed by atoms with van der Waals surface area (Å²) in [5.74, 6) is 0.579.